The van der Waals surface area contributed by atoms with Gasteiger partial charge in [-0.2, -0.15) is 0 Å². The highest BCUT2D eigenvalue weighted by Gasteiger charge is 2.38. The first-order valence-electron chi connectivity index (χ1n) is 6.73. The summed E-state index contributed by atoms with van der Waals surface area (Å²) < 4.78 is 5.96. The molecule has 0 radical (unpaired) electrons. The summed E-state index contributed by atoms with van der Waals surface area (Å²) in [5.41, 5.74) is 0.556. The van der Waals surface area contributed by atoms with Crippen molar-refractivity contribution in [2.45, 2.75) is 38.5 Å². The minimum atomic E-state index is 0.0357. The topological polar surface area (TPSA) is 33.5 Å². The van der Waals surface area contributed by atoms with E-state index in [0.29, 0.717) is 15.8 Å². The van der Waals surface area contributed by atoms with Gasteiger partial charge < -0.3 is 9.32 Å². The molecular formula is C14H18BrNO2. The molecule has 3 rings (SSSR count). The number of likely N-dealkylation sites (tertiary alicyclic amines) is 1. The lowest BCUT2D eigenvalue weighted by molar-refractivity contribution is 0.0556. The fourth-order valence-corrected chi connectivity index (χ4v) is 3.70. The van der Waals surface area contributed by atoms with Crippen molar-refractivity contribution in [2.24, 2.45) is 5.41 Å². The molecule has 18 heavy (non-hydrogen) atoms. The Morgan fingerprint density at radius 2 is 1.83 bits per heavy atom. The van der Waals surface area contributed by atoms with Crippen LogP contribution in [0.4, 0.5) is 0 Å². The predicted molar refractivity (Wildman–Crippen MR) is 72.4 cm³/mol. The van der Waals surface area contributed by atoms with Gasteiger partial charge in [0.1, 0.15) is 0 Å². The van der Waals surface area contributed by atoms with Crippen LogP contribution in [0.3, 0.4) is 0 Å². The molecule has 1 saturated carbocycles. The average molecular weight is 312 g/mol. The Bertz CT molecular complexity index is 438. The highest BCUT2D eigenvalue weighted by molar-refractivity contribution is 9.10. The minimum Gasteiger partial charge on any atom is -0.444 e. The second-order valence-corrected chi connectivity index (χ2v) is 6.38. The summed E-state index contributed by atoms with van der Waals surface area (Å²) in [6.07, 6.45) is 7.81. The number of rotatable bonds is 1. The molecule has 1 spiro atoms. The summed E-state index contributed by atoms with van der Waals surface area (Å²) >= 11 is 3.24. The van der Waals surface area contributed by atoms with Gasteiger partial charge in [-0.1, -0.05) is 12.8 Å². The molecule has 3 nitrogen and oxygen atoms in total. The normalized spacial score (nSPS) is 22.6. The van der Waals surface area contributed by atoms with Gasteiger partial charge in [0, 0.05) is 13.1 Å². The molecule has 2 fully saturated rings. The first-order valence-corrected chi connectivity index (χ1v) is 7.53. The highest BCUT2D eigenvalue weighted by atomic mass is 79.9. The van der Waals surface area contributed by atoms with Crippen LogP contribution in [-0.4, -0.2) is 23.9 Å². The summed E-state index contributed by atoms with van der Waals surface area (Å²) in [5, 5.41) is 0. The highest BCUT2D eigenvalue weighted by Crippen LogP contribution is 2.46. The second kappa shape index (κ2) is 4.72. The van der Waals surface area contributed by atoms with Crippen molar-refractivity contribution in [1.82, 2.24) is 4.90 Å². The van der Waals surface area contributed by atoms with E-state index < -0.39 is 0 Å². The molecule has 1 amide bonds. The molecule has 98 valence electrons. The lowest BCUT2D eigenvalue weighted by atomic mass is 9.77. The van der Waals surface area contributed by atoms with Gasteiger partial charge in [0.05, 0.1) is 0 Å². The number of halogens is 1. The SMILES string of the molecule is O=C(c1ccc(Br)o1)N1CCC2(CCCC2)CC1. The van der Waals surface area contributed by atoms with Crippen molar-refractivity contribution in [3.05, 3.63) is 22.6 Å². The zero-order valence-corrected chi connectivity index (χ0v) is 12.0. The molecular weight excluding hydrogens is 294 g/mol. The van der Waals surface area contributed by atoms with Crippen molar-refractivity contribution in [1.29, 1.82) is 0 Å². The van der Waals surface area contributed by atoms with Crippen molar-refractivity contribution >= 4 is 21.8 Å². The van der Waals surface area contributed by atoms with E-state index in [9.17, 15) is 4.79 Å². The Morgan fingerprint density at radius 1 is 1.17 bits per heavy atom. The van der Waals surface area contributed by atoms with Crippen molar-refractivity contribution < 1.29 is 9.21 Å². The van der Waals surface area contributed by atoms with Crippen molar-refractivity contribution in [2.75, 3.05) is 13.1 Å². The number of amides is 1. The third-order valence-corrected chi connectivity index (χ3v) is 4.99. The molecule has 4 heteroatoms. The molecule has 0 atom stereocenters. The molecule has 1 saturated heterocycles. The zero-order valence-electron chi connectivity index (χ0n) is 10.5. The van der Waals surface area contributed by atoms with Crippen LogP contribution < -0.4 is 0 Å². The lowest BCUT2D eigenvalue weighted by Gasteiger charge is -2.39. The maximum Gasteiger partial charge on any atom is 0.289 e. The summed E-state index contributed by atoms with van der Waals surface area (Å²) in [7, 11) is 0. The second-order valence-electron chi connectivity index (χ2n) is 5.60. The van der Waals surface area contributed by atoms with E-state index in [1.54, 1.807) is 12.1 Å². The Labute approximate surface area is 116 Å². The molecule has 1 aliphatic carbocycles. The maximum absolute atomic E-state index is 12.2. The molecule has 0 N–H and O–H groups in total. The van der Waals surface area contributed by atoms with Crippen LogP contribution in [0.1, 0.15) is 49.1 Å². The Kier molecular flexibility index (Phi) is 3.22. The number of hydrogen-bond acceptors (Lipinski definition) is 2. The van der Waals surface area contributed by atoms with Gasteiger partial charge in [0.15, 0.2) is 10.4 Å². The van der Waals surface area contributed by atoms with Crippen LogP contribution in [0.25, 0.3) is 0 Å². The number of nitrogens with zero attached hydrogens (tertiary/aromatic N) is 1. The van der Waals surface area contributed by atoms with Gasteiger partial charge in [-0.3, -0.25) is 4.79 Å². The quantitative estimate of drug-likeness (QED) is 0.789. The van der Waals surface area contributed by atoms with Crippen LogP contribution >= 0.6 is 15.9 Å². The fraction of sp³-hybridized carbons (Fsp3) is 0.643. The Morgan fingerprint density at radius 3 is 2.39 bits per heavy atom. The predicted octanol–water partition coefficient (Wildman–Crippen LogP) is 3.84. The first kappa shape index (κ1) is 12.3. The fourth-order valence-electron chi connectivity index (χ4n) is 3.39. The Balaban J connectivity index is 1.64. The molecule has 0 bridgehead atoms. The van der Waals surface area contributed by atoms with Crippen molar-refractivity contribution in [3.63, 3.8) is 0 Å². The van der Waals surface area contributed by atoms with E-state index in [1.165, 1.54) is 38.5 Å². The number of piperidine rings is 1. The average Bonchev–Trinajstić information content (AvgIpc) is 3.00. The van der Waals surface area contributed by atoms with Gasteiger partial charge in [0.25, 0.3) is 5.91 Å². The smallest absolute Gasteiger partial charge is 0.289 e. The molecule has 0 aromatic carbocycles. The number of hydrogen-bond donors (Lipinski definition) is 0. The maximum atomic E-state index is 12.2. The van der Waals surface area contributed by atoms with Crippen LogP contribution in [0, 0.1) is 5.41 Å². The van der Waals surface area contributed by atoms with Gasteiger partial charge in [-0.15, -0.1) is 0 Å². The van der Waals surface area contributed by atoms with E-state index >= 15 is 0 Å². The molecule has 2 aliphatic rings. The van der Waals surface area contributed by atoms with E-state index in [0.717, 1.165) is 13.1 Å². The minimum absolute atomic E-state index is 0.0357. The number of carbonyl (C=O) groups excluding carboxylic acids is 1. The van der Waals surface area contributed by atoms with Gasteiger partial charge in [-0.05, 0) is 59.2 Å². The summed E-state index contributed by atoms with van der Waals surface area (Å²) in [6.45, 7) is 1.77. The third-order valence-electron chi connectivity index (χ3n) is 4.56. The van der Waals surface area contributed by atoms with Crippen molar-refractivity contribution in [3.8, 4) is 0 Å². The molecule has 1 aromatic rings. The lowest BCUT2D eigenvalue weighted by Crippen LogP contribution is -2.42. The van der Waals surface area contributed by atoms with E-state index in [-0.39, 0.29) is 5.91 Å². The van der Waals surface area contributed by atoms with Crippen LogP contribution in [0.2, 0.25) is 0 Å². The van der Waals surface area contributed by atoms with Gasteiger partial charge >= 0.3 is 0 Å². The standard InChI is InChI=1S/C14H18BrNO2/c15-12-4-3-11(18-12)13(17)16-9-7-14(8-10-16)5-1-2-6-14/h3-4H,1-2,5-10H2. The molecule has 1 aromatic heterocycles. The summed E-state index contributed by atoms with van der Waals surface area (Å²) in [4.78, 5) is 14.2. The van der Waals surface area contributed by atoms with Gasteiger partial charge in [0.2, 0.25) is 0 Å². The summed E-state index contributed by atoms with van der Waals surface area (Å²) in [6, 6.07) is 3.52. The molecule has 0 unspecified atom stereocenters. The summed E-state index contributed by atoms with van der Waals surface area (Å²) in [5.74, 6) is 0.484. The largest absolute Gasteiger partial charge is 0.444 e. The van der Waals surface area contributed by atoms with E-state index in [2.05, 4.69) is 15.9 Å². The number of furan rings is 1. The zero-order chi connectivity index (χ0) is 12.6. The van der Waals surface area contributed by atoms with Crippen LogP contribution in [0.5, 0.6) is 0 Å². The van der Waals surface area contributed by atoms with E-state index in [4.69, 9.17) is 4.42 Å². The third kappa shape index (κ3) is 2.22. The van der Waals surface area contributed by atoms with Crippen LogP contribution in [-0.2, 0) is 0 Å². The first-order chi connectivity index (χ1) is 8.69. The van der Waals surface area contributed by atoms with Crippen LogP contribution in [0.15, 0.2) is 21.2 Å². The molecule has 1 aliphatic heterocycles. The monoisotopic (exact) mass is 311 g/mol. The van der Waals surface area contributed by atoms with Gasteiger partial charge in [-0.25, -0.2) is 0 Å². The molecule has 2 heterocycles. The number of carbonyl (C=O) groups is 1. The van der Waals surface area contributed by atoms with E-state index in [1.807, 2.05) is 4.90 Å². The Hall–Kier alpha value is -0.770.